The summed E-state index contributed by atoms with van der Waals surface area (Å²) in [5, 5.41) is 56.2. The number of phenols is 4. The number of phenolic OH excluding ortho intramolecular Hbond substituents is 4. The van der Waals surface area contributed by atoms with E-state index in [4.69, 9.17) is 0 Å². The minimum absolute atomic E-state index is 0.133. The highest BCUT2D eigenvalue weighted by Gasteiger charge is 2.06. The topological polar surface area (TPSA) is 153 Å². The van der Waals surface area contributed by atoms with Crippen LogP contribution in [0.1, 0.15) is 11.1 Å². The van der Waals surface area contributed by atoms with Crippen LogP contribution in [-0.4, -0.2) is 32.9 Å². The molecule has 0 unspecified atom stereocenters. The lowest BCUT2D eigenvalue weighted by molar-refractivity contribution is 0.449. The van der Waals surface area contributed by atoms with Gasteiger partial charge in [-0.15, -0.1) is 0 Å². The normalized spacial score (nSPS) is 11.9. The second-order valence-electron chi connectivity index (χ2n) is 4.92. The van der Waals surface area contributed by atoms with Crippen LogP contribution in [0.2, 0.25) is 0 Å². The summed E-state index contributed by atoms with van der Waals surface area (Å²) in [6.45, 7) is 0. The van der Waals surface area contributed by atoms with Crippen LogP contribution in [0, 0.1) is 22.7 Å². The van der Waals surface area contributed by atoms with E-state index in [0.29, 0.717) is 0 Å². The van der Waals surface area contributed by atoms with Crippen LogP contribution in [0.25, 0.3) is 0 Å². The number of aromatic hydroxyl groups is 4. The number of allylic oxidation sites excluding steroid dienone is 2. The zero-order valence-corrected chi connectivity index (χ0v) is 13.2. The third-order valence-electron chi connectivity index (χ3n) is 3.13. The van der Waals surface area contributed by atoms with Gasteiger partial charge < -0.3 is 20.4 Å². The molecule has 2 rings (SSSR count). The van der Waals surface area contributed by atoms with E-state index in [1.807, 2.05) is 0 Å². The molecular weight excluding hydrogens is 336 g/mol. The summed E-state index contributed by atoms with van der Waals surface area (Å²) in [4.78, 5) is 7.67. The average molecular weight is 348 g/mol. The van der Waals surface area contributed by atoms with Gasteiger partial charge in [-0.1, -0.05) is 0 Å². The smallest absolute Gasteiger partial charge is 0.176 e. The van der Waals surface area contributed by atoms with Gasteiger partial charge in [0.1, 0.15) is 35.1 Å². The standard InChI is InChI=1S/C18H12N4O4/c19-7-15(21-9-11-1-3-13(23)5-17(11)25)16(8-20)22-10-12-2-4-14(24)6-18(12)26/h1-6,9-10,23-26H/b16-15-,21-9?,22-10?. The number of aliphatic imine (C=N–C) groups is 2. The van der Waals surface area contributed by atoms with Gasteiger partial charge in [-0.05, 0) is 24.3 Å². The Kier molecular flexibility index (Phi) is 5.55. The van der Waals surface area contributed by atoms with Crippen LogP contribution < -0.4 is 0 Å². The van der Waals surface area contributed by atoms with Crippen LogP contribution in [0.4, 0.5) is 0 Å². The maximum Gasteiger partial charge on any atom is 0.176 e. The molecule has 8 heteroatoms. The molecule has 0 saturated heterocycles. The van der Waals surface area contributed by atoms with Gasteiger partial charge >= 0.3 is 0 Å². The summed E-state index contributed by atoms with van der Waals surface area (Å²) in [5.74, 6) is -0.762. The summed E-state index contributed by atoms with van der Waals surface area (Å²) in [6.07, 6.45) is 2.30. The van der Waals surface area contributed by atoms with Crippen molar-refractivity contribution in [3.05, 3.63) is 58.9 Å². The molecule has 4 N–H and O–H groups in total. The minimum Gasteiger partial charge on any atom is -0.508 e. The van der Waals surface area contributed by atoms with E-state index in [9.17, 15) is 30.9 Å². The van der Waals surface area contributed by atoms with Gasteiger partial charge in [0.2, 0.25) is 0 Å². The molecule has 128 valence electrons. The van der Waals surface area contributed by atoms with Crippen molar-refractivity contribution in [2.24, 2.45) is 9.98 Å². The molecule has 0 aliphatic carbocycles. The number of hydrogen-bond acceptors (Lipinski definition) is 8. The maximum absolute atomic E-state index is 9.68. The molecule has 0 radical (unpaired) electrons. The van der Waals surface area contributed by atoms with Crippen molar-refractivity contribution >= 4 is 12.4 Å². The summed E-state index contributed by atoms with van der Waals surface area (Å²) >= 11 is 0. The predicted molar refractivity (Wildman–Crippen MR) is 93.0 cm³/mol. The first-order valence-electron chi connectivity index (χ1n) is 7.11. The number of nitrogens with zero attached hydrogens (tertiary/aromatic N) is 4. The van der Waals surface area contributed by atoms with Gasteiger partial charge in [0.15, 0.2) is 11.4 Å². The summed E-state index contributed by atoms with van der Waals surface area (Å²) in [7, 11) is 0. The molecule has 0 saturated carbocycles. The monoisotopic (exact) mass is 348 g/mol. The highest BCUT2D eigenvalue weighted by molar-refractivity contribution is 5.86. The van der Waals surface area contributed by atoms with Crippen LogP contribution in [-0.2, 0) is 0 Å². The number of benzene rings is 2. The number of nitriles is 2. The van der Waals surface area contributed by atoms with Gasteiger partial charge in [0.25, 0.3) is 0 Å². The van der Waals surface area contributed by atoms with Crippen molar-refractivity contribution in [1.82, 2.24) is 0 Å². The lowest BCUT2D eigenvalue weighted by Crippen LogP contribution is -1.89. The molecule has 0 aliphatic heterocycles. The largest absolute Gasteiger partial charge is 0.508 e. The number of hydrogen-bond donors (Lipinski definition) is 4. The maximum atomic E-state index is 9.68. The van der Waals surface area contributed by atoms with E-state index in [2.05, 4.69) is 9.98 Å². The molecule has 0 aromatic heterocycles. The van der Waals surface area contributed by atoms with E-state index in [0.717, 1.165) is 24.6 Å². The molecule has 2 aromatic rings. The Balaban J connectivity index is 2.35. The Morgan fingerprint density at radius 2 is 1.12 bits per heavy atom. The Morgan fingerprint density at radius 1 is 0.731 bits per heavy atom. The van der Waals surface area contributed by atoms with Crippen molar-refractivity contribution in [3.8, 4) is 35.1 Å². The Bertz CT molecular complexity index is 929. The fraction of sp³-hybridized carbons (Fsp3) is 0. The van der Waals surface area contributed by atoms with Crippen molar-refractivity contribution in [2.75, 3.05) is 0 Å². The van der Waals surface area contributed by atoms with E-state index in [1.54, 1.807) is 12.1 Å². The second-order valence-corrected chi connectivity index (χ2v) is 4.92. The predicted octanol–water partition coefficient (Wildman–Crippen LogP) is 2.31. The molecule has 8 nitrogen and oxygen atoms in total. The molecule has 0 spiro atoms. The summed E-state index contributed by atoms with van der Waals surface area (Å²) in [5.41, 5.74) is -0.162. The first-order chi connectivity index (χ1) is 12.4. The van der Waals surface area contributed by atoms with Crippen molar-refractivity contribution in [3.63, 3.8) is 0 Å². The van der Waals surface area contributed by atoms with Gasteiger partial charge in [-0.3, -0.25) is 0 Å². The van der Waals surface area contributed by atoms with Gasteiger partial charge in [0, 0.05) is 35.7 Å². The minimum atomic E-state index is -0.311. The lowest BCUT2D eigenvalue weighted by Gasteiger charge is -2.00. The molecule has 0 aliphatic rings. The van der Waals surface area contributed by atoms with Gasteiger partial charge in [-0.2, -0.15) is 10.5 Å². The van der Waals surface area contributed by atoms with Crippen LogP contribution in [0.5, 0.6) is 23.0 Å². The fourth-order valence-electron chi connectivity index (χ4n) is 1.84. The highest BCUT2D eigenvalue weighted by Crippen LogP contribution is 2.22. The van der Waals surface area contributed by atoms with Crippen LogP contribution in [0.15, 0.2) is 57.8 Å². The van der Waals surface area contributed by atoms with Gasteiger partial charge in [0.05, 0.1) is 0 Å². The first-order valence-corrected chi connectivity index (χ1v) is 7.11. The quantitative estimate of drug-likeness (QED) is 0.491. The van der Waals surface area contributed by atoms with E-state index >= 15 is 0 Å². The summed E-state index contributed by atoms with van der Waals surface area (Å²) < 4.78 is 0. The third-order valence-corrected chi connectivity index (χ3v) is 3.13. The molecule has 0 atom stereocenters. The van der Waals surface area contributed by atoms with Crippen molar-refractivity contribution in [1.29, 1.82) is 10.5 Å². The SMILES string of the molecule is N#C/C(N=Cc1ccc(O)cc1O)=C(\C#N)N=Cc1ccc(O)cc1O. The van der Waals surface area contributed by atoms with Crippen LogP contribution in [0.3, 0.4) is 0 Å². The van der Waals surface area contributed by atoms with E-state index in [-0.39, 0.29) is 45.5 Å². The molecule has 0 amide bonds. The Labute approximate surface area is 148 Å². The van der Waals surface area contributed by atoms with Gasteiger partial charge in [-0.25, -0.2) is 9.98 Å². The molecular formula is C18H12N4O4. The number of rotatable bonds is 4. The summed E-state index contributed by atoms with van der Waals surface area (Å²) in [6, 6.07) is 11.1. The van der Waals surface area contributed by atoms with Crippen molar-refractivity contribution < 1.29 is 20.4 Å². The van der Waals surface area contributed by atoms with E-state index in [1.165, 1.54) is 24.3 Å². The van der Waals surface area contributed by atoms with E-state index < -0.39 is 0 Å². The molecule has 0 bridgehead atoms. The average Bonchev–Trinajstić information content (AvgIpc) is 2.60. The zero-order chi connectivity index (χ0) is 19.1. The first kappa shape index (κ1) is 18.0. The molecule has 26 heavy (non-hydrogen) atoms. The Hall–Kier alpha value is -4.30. The molecule has 2 aromatic carbocycles. The second kappa shape index (κ2) is 7.99. The fourth-order valence-corrected chi connectivity index (χ4v) is 1.84. The molecule has 0 heterocycles. The lowest BCUT2D eigenvalue weighted by atomic mass is 10.2. The molecule has 0 fully saturated rings. The third kappa shape index (κ3) is 4.37. The van der Waals surface area contributed by atoms with Crippen molar-refractivity contribution in [2.45, 2.75) is 0 Å². The zero-order valence-electron chi connectivity index (χ0n) is 13.2. The Morgan fingerprint density at radius 3 is 1.42 bits per heavy atom. The highest BCUT2D eigenvalue weighted by atomic mass is 16.3. The van der Waals surface area contributed by atoms with Crippen LogP contribution >= 0.6 is 0 Å².